The summed E-state index contributed by atoms with van der Waals surface area (Å²) in [5, 5.41) is 1.09. The number of hydrogen-bond donors (Lipinski definition) is 2. The molecule has 0 atom stereocenters. The van der Waals surface area contributed by atoms with Gasteiger partial charge in [-0.2, -0.15) is 0 Å². The molecule has 1 saturated heterocycles. The van der Waals surface area contributed by atoms with Gasteiger partial charge in [-0.3, -0.25) is 4.90 Å². The molecule has 118 valence electrons. The Bertz CT molecular complexity index is 644. The Morgan fingerprint density at radius 3 is 2.55 bits per heavy atom. The van der Waals surface area contributed by atoms with Crippen molar-refractivity contribution >= 4 is 25.1 Å². The fourth-order valence-electron chi connectivity index (χ4n) is 2.83. The Morgan fingerprint density at radius 2 is 1.82 bits per heavy atom. The number of fused-ring (bicyclic) bond motifs is 1. The average Bonchev–Trinajstić information content (AvgIpc) is 2.52. The van der Waals surface area contributed by atoms with Gasteiger partial charge in [0.2, 0.25) is 0 Å². The van der Waals surface area contributed by atoms with Crippen LogP contribution < -0.4 is 4.90 Å². The second-order valence-corrected chi connectivity index (χ2v) is 6.73. The molecule has 6 nitrogen and oxygen atoms in total. The summed E-state index contributed by atoms with van der Waals surface area (Å²) in [4.78, 5) is 31.8. The first kappa shape index (κ1) is 15.6. The van der Waals surface area contributed by atoms with Gasteiger partial charge in [-0.1, -0.05) is 12.1 Å². The molecular formula is C15H21N4O2P. The zero-order valence-corrected chi connectivity index (χ0v) is 13.6. The van der Waals surface area contributed by atoms with Gasteiger partial charge < -0.3 is 14.7 Å². The fraction of sp³-hybridized carbons (Fsp3) is 0.467. The lowest BCUT2D eigenvalue weighted by Crippen LogP contribution is -2.47. The van der Waals surface area contributed by atoms with E-state index in [0.717, 1.165) is 55.3 Å². The molecule has 22 heavy (non-hydrogen) atoms. The lowest BCUT2D eigenvalue weighted by atomic mass is 10.2. The third-order valence-corrected chi connectivity index (χ3v) is 4.58. The largest absolute Gasteiger partial charge is 0.353 e. The van der Waals surface area contributed by atoms with Crippen LogP contribution in [0.25, 0.3) is 10.9 Å². The van der Waals surface area contributed by atoms with Crippen LogP contribution in [0.2, 0.25) is 0 Å². The Kier molecular flexibility index (Phi) is 4.84. The summed E-state index contributed by atoms with van der Waals surface area (Å²) in [6.45, 7) is 6.30. The van der Waals surface area contributed by atoms with E-state index in [0.29, 0.717) is 6.16 Å². The molecule has 3 rings (SSSR count). The molecule has 1 aromatic carbocycles. The van der Waals surface area contributed by atoms with Crippen LogP contribution in [0.1, 0.15) is 5.82 Å². The minimum absolute atomic E-state index is 0.463. The maximum atomic E-state index is 9.03. The predicted octanol–water partition coefficient (Wildman–Crippen LogP) is 1.36. The molecule has 2 aromatic rings. The molecule has 0 saturated carbocycles. The van der Waals surface area contributed by atoms with E-state index in [1.54, 1.807) is 0 Å². The number of nitrogens with zero attached hydrogens (tertiary/aromatic N) is 4. The average molecular weight is 320 g/mol. The van der Waals surface area contributed by atoms with Crippen LogP contribution in [0.3, 0.4) is 0 Å². The number of aryl methyl sites for hydroxylation is 1. The SMILES string of the molecule is Cc1nc(N2CCN(CCP(O)O)CC2)c2ccccc2n1. The van der Waals surface area contributed by atoms with E-state index in [-0.39, 0.29) is 0 Å². The van der Waals surface area contributed by atoms with Gasteiger partial charge in [0.15, 0.2) is 8.38 Å². The van der Waals surface area contributed by atoms with E-state index >= 15 is 0 Å². The first-order chi connectivity index (χ1) is 10.6. The van der Waals surface area contributed by atoms with Crippen molar-refractivity contribution in [3.63, 3.8) is 0 Å². The molecule has 0 spiro atoms. The highest BCUT2D eigenvalue weighted by Gasteiger charge is 2.20. The smallest absolute Gasteiger partial charge is 0.166 e. The number of piperazine rings is 1. The molecule has 2 N–H and O–H groups in total. The standard InChI is InChI=1S/C15H21N4O2P/c1-12-16-14-5-3-2-4-13(14)15(17-12)19-8-6-18(7-9-19)10-11-22(20)21/h2-5,20-21H,6-11H2,1H3. The number of aromatic nitrogens is 2. The molecular weight excluding hydrogens is 299 g/mol. The molecule has 2 heterocycles. The Hall–Kier alpha value is -1.33. The Balaban J connectivity index is 1.74. The first-order valence-corrected chi connectivity index (χ1v) is 8.93. The third kappa shape index (κ3) is 3.52. The summed E-state index contributed by atoms with van der Waals surface area (Å²) in [5.74, 6) is 1.80. The van der Waals surface area contributed by atoms with E-state index in [1.807, 2.05) is 25.1 Å². The number of hydrogen-bond acceptors (Lipinski definition) is 6. The fourth-order valence-corrected chi connectivity index (χ4v) is 3.29. The van der Waals surface area contributed by atoms with E-state index in [2.05, 4.69) is 25.8 Å². The number of para-hydroxylation sites is 1. The normalized spacial score (nSPS) is 16.6. The summed E-state index contributed by atoms with van der Waals surface area (Å²) in [6.07, 6.45) is 0.463. The monoisotopic (exact) mass is 320 g/mol. The minimum atomic E-state index is -1.78. The van der Waals surface area contributed by atoms with Crippen molar-refractivity contribution in [2.24, 2.45) is 0 Å². The molecule has 7 heteroatoms. The first-order valence-electron chi connectivity index (χ1n) is 7.49. The molecule has 0 bridgehead atoms. The molecule has 1 aliphatic heterocycles. The lowest BCUT2D eigenvalue weighted by molar-refractivity contribution is 0.269. The highest BCUT2D eigenvalue weighted by atomic mass is 31.2. The number of benzene rings is 1. The molecule has 0 aliphatic carbocycles. The zero-order chi connectivity index (χ0) is 15.5. The summed E-state index contributed by atoms with van der Waals surface area (Å²) in [6, 6.07) is 8.11. The molecule has 1 aromatic heterocycles. The minimum Gasteiger partial charge on any atom is -0.353 e. The molecule has 0 amide bonds. The number of anilines is 1. The van der Waals surface area contributed by atoms with Gasteiger partial charge in [-0.05, 0) is 19.1 Å². The quantitative estimate of drug-likeness (QED) is 0.829. The van der Waals surface area contributed by atoms with Crippen molar-refractivity contribution in [1.29, 1.82) is 0 Å². The molecule has 0 unspecified atom stereocenters. The topological polar surface area (TPSA) is 72.7 Å². The zero-order valence-electron chi connectivity index (χ0n) is 12.7. The predicted molar refractivity (Wildman–Crippen MR) is 89.2 cm³/mol. The van der Waals surface area contributed by atoms with Crippen molar-refractivity contribution in [3.8, 4) is 0 Å². The van der Waals surface area contributed by atoms with Crippen molar-refractivity contribution in [1.82, 2.24) is 14.9 Å². The van der Waals surface area contributed by atoms with Crippen LogP contribution in [-0.4, -0.2) is 63.5 Å². The van der Waals surface area contributed by atoms with E-state index in [9.17, 15) is 0 Å². The summed E-state index contributed by atoms with van der Waals surface area (Å²) in [7, 11) is -1.78. The third-order valence-electron chi connectivity index (χ3n) is 3.98. The van der Waals surface area contributed by atoms with E-state index < -0.39 is 8.38 Å². The highest BCUT2D eigenvalue weighted by molar-refractivity contribution is 7.45. The van der Waals surface area contributed by atoms with Crippen LogP contribution in [0.4, 0.5) is 5.82 Å². The van der Waals surface area contributed by atoms with Gasteiger partial charge >= 0.3 is 0 Å². The van der Waals surface area contributed by atoms with Crippen LogP contribution >= 0.6 is 8.38 Å². The summed E-state index contributed by atoms with van der Waals surface area (Å²) >= 11 is 0. The van der Waals surface area contributed by atoms with Crippen LogP contribution in [0, 0.1) is 6.92 Å². The van der Waals surface area contributed by atoms with Crippen LogP contribution in [-0.2, 0) is 0 Å². The van der Waals surface area contributed by atoms with Crippen LogP contribution in [0.15, 0.2) is 24.3 Å². The molecule has 0 radical (unpaired) electrons. The maximum absolute atomic E-state index is 9.03. The van der Waals surface area contributed by atoms with Gasteiger partial charge in [0.05, 0.1) is 5.52 Å². The van der Waals surface area contributed by atoms with E-state index in [1.165, 1.54) is 0 Å². The summed E-state index contributed by atoms with van der Waals surface area (Å²) < 4.78 is 0. The van der Waals surface area contributed by atoms with Gasteiger partial charge in [0.25, 0.3) is 0 Å². The number of rotatable bonds is 4. The summed E-state index contributed by atoms with van der Waals surface area (Å²) in [5.41, 5.74) is 0.985. The van der Waals surface area contributed by atoms with Gasteiger partial charge in [0, 0.05) is 44.3 Å². The maximum Gasteiger partial charge on any atom is 0.166 e. The van der Waals surface area contributed by atoms with Crippen molar-refractivity contribution in [2.45, 2.75) is 6.92 Å². The van der Waals surface area contributed by atoms with Crippen molar-refractivity contribution < 1.29 is 9.79 Å². The Morgan fingerprint density at radius 1 is 1.09 bits per heavy atom. The van der Waals surface area contributed by atoms with Crippen molar-refractivity contribution in [2.75, 3.05) is 43.8 Å². The van der Waals surface area contributed by atoms with Crippen molar-refractivity contribution in [3.05, 3.63) is 30.1 Å². The van der Waals surface area contributed by atoms with Gasteiger partial charge in [-0.15, -0.1) is 0 Å². The second kappa shape index (κ2) is 6.84. The van der Waals surface area contributed by atoms with Gasteiger partial charge in [-0.25, -0.2) is 9.97 Å². The molecule has 1 fully saturated rings. The molecule has 1 aliphatic rings. The Labute approximate surface area is 131 Å². The van der Waals surface area contributed by atoms with E-state index in [4.69, 9.17) is 9.79 Å². The highest BCUT2D eigenvalue weighted by Crippen LogP contribution is 2.25. The van der Waals surface area contributed by atoms with Crippen LogP contribution in [0.5, 0.6) is 0 Å². The van der Waals surface area contributed by atoms with Gasteiger partial charge in [0.1, 0.15) is 11.6 Å². The second-order valence-electron chi connectivity index (χ2n) is 5.54. The lowest BCUT2D eigenvalue weighted by Gasteiger charge is -2.35.